The van der Waals surface area contributed by atoms with Gasteiger partial charge in [0.1, 0.15) is 12.0 Å². The first-order valence-corrected chi connectivity index (χ1v) is 4.46. The lowest BCUT2D eigenvalue weighted by atomic mass is 10.1. The molecule has 0 aliphatic carbocycles. The minimum absolute atomic E-state index is 0.696. The zero-order valence-corrected chi connectivity index (χ0v) is 8.04. The third-order valence-corrected chi connectivity index (χ3v) is 1.85. The molecule has 2 nitrogen and oxygen atoms in total. The van der Waals surface area contributed by atoms with Gasteiger partial charge in [-0.3, -0.25) is 4.79 Å². The maximum atomic E-state index is 10.6. The Labute approximate surface area is 78.5 Å². The molecule has 70 valence electrons. The van der Waals surface area contributed by atoms with Crippen LogP contribution in [0.15, 0.2) is 18.2 Å². The van der Waals surface area contributed by atoms with E-state index in [0.29, 0.717) is 12.2 Å². The SMILES string of the molecule is CCCOc1ccc(C)c(C=O)c1. The largest absolute Gasteiger partial charge is 0.494 e. The Morgan fingerprint density at radius 3 is 2.85 bits per heavy atom. The highest BCUT2D eigenvalue weighted by atomic mass is 16.5. The van der Waals surface area contributed by atoms with E-state index in [1.807, 2.05) is 19.1 Å². The van der Waals surface area contributed by atoms with Crippen LogP contribution in [0.4, 0.5) is 0 Å². The lowest BCUT2D eigenvalue weighted by Gasteiger charge is -2.05. The van der Waals surface area contributed by atoms with Crippen molar-refractivity contribution < 1.29 is 9.53 Å². The summed E-state index contributed by atoms with van der Waals surface area (Å²) in [7, 11) is 0. The van der Waals surface area contributed by atoms with Gasteiger partial charge in [0.05, 0.1) is 6.61 Å². The van der Waals surface area contributed by atoms with Gasteiger partial charge in [-0.2, -0.15) is 0 Å². The van der Waals surface area contributed by atoms with Crippen molar-refractivity contribution in [2.75, 3.05) is 6.61 Å². The van der Waals surface area contributed by atoms with Gasteiger partial charge in [0, 0.05) is 5.56 Å². The molecule has 13 heavy (non-hydrogen) atoms. The van der Waals surface area contributed by atoms with Crippen molar-refractivity contribution in [1.29, 1.82) is 0 Å². The van der Waals surface area contributed by atoms with E-state index in [-0.39, 0.29) is 0 Å². The lowest BCUT2D eigenvalue weighted by Crippen LogP contribution is -1.96. The summed E-state index contributed by atoms with van der Waals surface area (Å²) >= 11 is 0. The van der Waals surface area contributed by atoms with Crippen LogP contribution in [0.3, 0.4) is 0 Å². The average Bonchev–Trinajstić information content (AvgIpc) is 2.16. The van der Waals surface area contributed by atoms with Crippen molar-refractivity contribution in [2.45, 2.75) is 20.3 Å². The van der Waals surface area contributed by atoms with Gasteiger partial charge in [0.15, 0.2) is 0 Å². The predicted octanol–water partition coefficient (Wildman–Crippen LogP) is 2.60. The number of carbonyl (C=O) groups is 1. The van der Waals surface area contributed by atoms with E-state index in [4.69, 9.17) is 4.74 Å². The summed E-state index contributed by atoms with van der Waals surface area (Å²) in [5.41, 5.74) is 1.69. The van der Waals surface area contributed by atoms with Crippen LogP contribution in [0.5, 0.6) is 5.75 Å². The second-order valence-corrected chi connectivity index (χ2v) is 2.98. The fourth-order valence-electron chi connectivity index (χ4n) is 1.06. The van der Waals surface area contributed by atoms with Gasteiger partial charge in [0.25, 0.3) is 0 Å². The zero-order valence-electron chi connectivity index (χ0n) is 8.04. The van der Waals surface area contributed by atoms with E-state index < -0.39 is 0 Å². The quantitative estimate of drug-likeness (QED) is 0.662. The van der Waals surface area contributed by atoms with E-state index in [0.717, 1.165) is 24.0 Å². The Balaban J connectivity index is 2.80. The highest BCUT2D eigenvalue weighted by Crippen LogP contribution is 2.15. The van der Waals surface area contributed by atoms with Crippen LogP contribution in [-0.2, 0) is 0 Å². The number of benzene rings is 1. The van der Waals surface area contributed by atoms with Gasteiger partial charge < -0.3 is 4.74 Å². The molecule has 0 aliphatic rings. The number of hydrogen-bond acceptors (Lipinski definition) is 2. The van der Waals surface area contributed by atoms with Crippen LogP contribution in [0.1, 0.15) is 29.3 Å². The molecule has 0 aliphatic heterocycles. The van der Waals surface area contributed by atoms with Crippen molar-refractivity contribution in [1.82, 2.24) is 0 Å². The smallest absolute Gasteiger partial charge is 0.150 e. The average molecular weight is 178 g/mol. The fraction of sp³-hybridized carbons (Fsp3) is 0.364. The first-order chi connectivity index (χ1) is 6.27. The summed E-state index contributed by atoms with van der Waals surface area (Å²) in [6, 6.07) is 5.56. The van der Waals surface area contributed by atoms with Gasteiger partial charge in [-0.15, -0.1) is 0 Å². The monoisotopic (exact) mass is 178 g/mol. The molecule has 0 spiro atoms. The Hall–Kier alpha value is -1.31. The van der Waals surface area contributed by atoms with Crippen LogP contribution in [0.25, 0.3) is 0 Å². The number of rotatable bonds is 4. The molecule has 0 heterocycles. The van der Waals surface area contributed by atoms with Crippen LogP contribution >= 0.6 is 0 Å². The molecular formula is C11H14O2. The fourth-order valence-corrected chi connectivity index (χ4v) is 1.06. The molecule has 0 saturated heterocycles. The van der Waals surface area contributed by atoms with E-state index in [1.54, 1.807) is 6.07 Å². The Bertz CT molecular complexity index is 292. The van der Waals surface area contributed by atoms with Crippen LogP contribution in [0.2, 0.25) is 0 Å². The van der Waals surface area contributed by atoms with Gasteiger partial charge in [-0.1, -0.05) is 13.0 Å². The molecule has 0 amide bonds. The highest BCUT2D eigenvalue weighted by molar-refractivity contribution is 5.77. The van der Waals surface area contributed by atoms with Crippen molar-refractivity contribution in [3.63, 3.8) is 0 Å². The second kappa shape index (κ2) is 4.65. The molecule has 1 rings (SSSR count). The number of aryl methyl sites for hydroxylation is 1. The molecule has 0 radical (unpaired) electrons. The minimum atomic E-state index is 0.696. The summed E-state index contributed by atoms with van der Waals surface area (Å²) < 4.78 is 5.39. The van der Waals surface area contributed by atoms with E-state index in [1.165, 1.54) is 0 Å². The van der Waals surface area contributed by atoms with Crippen molar-refractivity contribution in [3.05, 3.63) is 29.3 Å². The molecule has 0 atom stereocenters. The Morgan fingerprint density at radius 1 is 1.46 bits per heavy atom. The predicted molar refractivity (Wildman–Crippen MR) is 52.4 cm³/mol. The lowest BCUT2D eigenvalue weighted by molar-refractivity contribution is 0.112. The number of ether oxygens (including phenoxy) is 1. The van der Waals surface area contributed by atoms with Crippen molar-refractivity contribution in [2.24, 2.45) is 0 Å². The maximum absolute atomic E-state index is 10.6. The molecule has 0 bridgehead atoms. The van der Waals surface area contributed by atoms with Gasteiger partial charge in [0.2, 0.25) is 0 Å². The topological polar surface area (TPSA) is 26.3 Å². The minimum Gasteiger partial charge on any atom is -0.494 e. The number of hydrogen-bond donors (Lipinski definition) is 0. The molecule has 1 aromatic rings. The van der Waals surface area contributed by atoms with Gasteiger partial charge in [-0.05, 0) is 31.0 Å². The molecule has 0 N–H and O–H groups in total. The molecular weight excluding hydrogens is 164 g/mol. The highest BCUT2D eigenvalue weighted by Gasteiger charge is 1.99. The standard InChI is InChI=1S/C11H14O2/c1-3-6-13-11-5-4-9(2)10(7-11)8-12/h4-5,7-8H,3,6H2,1-2H3. The summed E-state index contributed by atoms with van der Waals surface area (Å²) in [5, 5.41) is 0. The van der Waals surface area contributed by atoms with Gasteiger partial charge in [-0.25, -0.2) is 0 Å². The molecule has 0 unspecified atom stereocenters. The Kier molecular flexibility index (Phi) is 3.50. The zero-order chi connectivity index (χ0) is 9.68. The Morgan fingerprint density at radius 2 is 2.23 bits per heavy atom. The van der Waals surface area contributed by atoms with Crippen LogP contribution in [-0.4, -0.2) is 12.9 Å². The van der Waals surface area contributed by atoms with Crippen molar-refractivity contribution >= 4 is 6.29 Å². The summed E-state index contributed by atoms with van der Waals surface area (Å²) in [6.45, 7) is 4.66. The molecule has 1 aromatic carbocycles. The van der Waals surface area contributed by atoms with Crippen molar-refractivity contribution in [3.8, 4) is 5.75 Å². The molecule has 0 fully saturated rings. The second-order valence-electron chi connectivity index (χ2n) is 2.98. The third-order valence-electron chi connectivity index (χ3n) is 1.85. The summed E-state index contributed by atoms with van der Waals surface area (Å²) in [5.74, 6) is 0.773. The van der Waals surface area contributed by atoms with E-state index in [2.05, 4.69) is 6.92 Å². The summed E-state index contributed by atoms with van der Waals surface area (Å²) in [6.07, 6.45) is 1.83. The first kappa shape index (κ1) is 9.78. The van der Waals surface area contributed by atoms with Crippen LogP contribution in [0, 0.1) is 6.92 Å². The third kappa shape index (κ3) is 2.58. The van der Waals surface area contributed by atoms with E-state index >= 15 is 0 Å². The molecule has 0 saturated carbocycles. The van der Waals surface area contributed by atoms with E-state index in [9.17, 15) is 4.79 Å². The number of carbonyl (C=O) groups excluding carboxylic acids is 1. The maximum Gasteiger partial charge on any atom is 0.150 e. The summed E-state index contributed by atoms with van der Waals surface area (Å²) in [4.78, 5) is 10.6. The first-order valence-electron chi connectivity index (χ1n) is 4.46. The normalized spacial score (nSPS) is 9.69. The molecule has 0 aromatic heterocycles. The van der Waals surface area contributed by atoms with Gasteiger partial charge >= 0.3 is 0 Å². The molecule has 2 heteroatoms. The van der Waals surface area contributed by atoms with Crippen LogP contribution < -0.4 is 4.74 Å². The number of aldehydes is 1.